The van der Waals surface area contributed by atoms with Crippen LogP contribution in [0.5, 0.6) is 0 Å². The van der Waals surface area contributed by atoms with Gasteiger partial charge in [0.05, 0.1) is 5.54 Å². The molecule has 0 atom stereocenters. The van der Waals surface area contributed by atoms with E-state index in [1.807, 2.05) is 6.92 Å². The van der Waals surface area contributed by atoms with Crippen molar-refractivity contribution in [1.82, 2.24) is 10.1 Å². The summed E-state index contributed by atoms with van der Waals surface area (Å²) in [6.07, 6.45) is 11.0. The van der Waals surface area contributed by atoms with Crippen LogP contribution in [-0.4, -0.2) is 16.7 Å². The maximum absolute atomic E-state index is 6.50. The quantitative estimate of drug-likeness (QED) is 0.921. The molecule has 21 heavy (non-hydrogen) atoms. The third-order valence-electron chi connectivity index (χ3n) is 5.09. The van der Waals surface area contributed by atoms with Crippen LogP contribution in [0, 0.1) is 0 Å². The van der Waals surface area contributed by atoms with Gasteiger partial charge in [-0.1, -0.05) is 43.7 Å². The van der Waals surface area contributed by atoms with Crippen LogP contribution >= 0.6 is 0 Å². The number of hydrogen-bond donors (Lipinski definition) is 1. The van der Waals surface area contributed by atoms with Gasteiger partial charge in [0.1, 0.15) is 5.60 Å². The molecule has 5 nitrogen and oxygen atoms in total. The van der Waals surface area contributed by atoms with E-state index in [1.54, 1.807) is 0 Å². The molecule has 0 radical (unpaired) electrons. The molecule has 0 aliphatic heterocycles. The Bertz CT molecular complexity index is 454. The normalized spacial score (nSPS) is 24.9. The highest BCUT2D eigenvalue weighted by Crippen LogP contribution is 2.41. The van der Waals surface area contributed by atoms with Crippen molar-refractivity contribution in [3.8, 4) is 0 Å². The van der Waals surface area contributed by atoms with Crippen LogP contribution in [0.15, 0.2) is 4.52 Å². The van der Waals surface area contributed by atoms with Crippen LogP contribution in [-0.2, 0) is 15.9 Å². The Labute approximate surface area is 126 Å². The van der Waals surface area contributed by atoms with Crippen molar-refractivity contribution < 1.29 is 9.26 Å². The van der Waals surface area contributed by atoms with Gasteiger partial charge in [-0.25, -0.2) is 0 Å². The van der Waals surface area contributed by atoms with Crippen molar-refractivity contribution in [3.63, 3.8) is 0 Å². The molecule has 1 aromatic heterocycles. The van der Waals surface area contributed by atoms with E-state index >= 15 is 0 Å². The standard InChI is InChI=1S/C16H27N3O2/c1-2-20-16(11-7-4-8-12-16)13-18-14(21-19-13)15(17)9-5-3-6-10-15/h2-12,17H2,1H3. The molecule has 118 valence electrons. The zero-order valence-electron chi connectivity index (χ0n) is 13.1. The Kier molecular flexibility index (Phi) is 4.31. The molecule has 0 unspecified atom stereocenters. The van der Waals surface area contributed by atoms with Gasteiger partial charge in [0.25, 0.3) is 0 Å². The lowest BCUT2D eigenvalue weighted by molar-refractivity contribution is -0.0777. The number of hydrogen-bond acceptors (Lipinski definition) is 5. The first-order chi connectivity index (χ1) is 10.2. The third kappa shape index (κ3) is 2.86. The molecule has 2 N–H and O–H groups in total. The van der Waals surface area contributed by atoms with Gasteiger partial charge in [-0.15, -0.1) is 0 Å². The molecule has 0 amide bonds. The largest absolute Gasteiger partial charge is 0.367 e. The predicted molar refractivity (Wildman–Crippen MR) is 79.6 cm³/mol. The molecule has 1 heterocycles. The fraction of sp³-hybridized carbons (Fsp3) is 0.875. The molecular weight excluding hydrogens is 266 g/mol. The maximum Gasteiger partial charge on any atom is 0.246 e. The van der Waals surface area contributed by atoms with Gasteiger partial charge < -0.3 is 15.0 Å². The van der Waals surface area contributed by atoms with Crippen LogP contribution < -0.4 is 5.73 Å². The van der Waals surface area contributed by atoms with E-state index in [9.17, 15) is 0 Å². The van der Waals surface area contributed by atoms with Crippen molar-refractivity contribution in [2.24, 2.45) is 5.73 Å². The predicted octanol–water partition coefficient (Wildman–Crippen LogP) is 3.38. The van der Waals surface area contributed by atoms with Gasteiger partial charge in [-0.05, 0) is 32.6 Å². The molecule has 2 aliphatic carbocycles. The minimum atomic E-state index is -0.425. The second-order valence-corrected chi connectivity index (χ2v) is 6.63. The molecule has 1 aromatic rings. The first kappa shape index (κ1) is 15.0. The highest BCUT2D eigenvalue weighted by Gasteiger charge is 2.42. The Balaban J connectivity index is 1.85. The number of rotatable bonds is 4. The lowest BCUT2D eigenvalue weighted by Crippen LogP contribution is -2.39. The van der Waals surface area contributed by atoms with Crippen molar-refractivity contribution in [2.45, 2.75) is 82.3 Å². The smallest absolute Gasteiger partial charge is 0.246 e. The molecule has 3 rings (SSSR count). The summed E-state index contributed by atoms with van der Waals surface area (Å²) in [4.78, 5) is 4.69. The highest BCUT2D eigenvalue weighted by molar-refractivity contribution is 5.09. The second-order valence-electron chi connectivity index (χ2n) is 6.63. The van der Waals surface area contributed by atoms with E-state index in [2.05, 4.69) is 5.16 Å². The maximum atomic E-state index is 6.50. The summed E-state index contributed by atoms with van der Waals surface area (Å²) >= 11 is 0. The summed E-state index contributed by atoms with van der Waals surface area (Å²) in [7, 11) is 0. The van der Waals surface area contributed by atoms with E-state index < -0.39 is 5.54 Å². The number of nitrogens with two attached hydrogens (primary N) is 1. The van der Waals surface area contributed by atoms with Crippen molar-refractivity contribution >= 4 is 0 Å². The van der Waals surface area contributed by atoms with Crippen molar-refractivity contribution in [2.75, 3.05) is 6.61 Å². The lowest BCUT2D eigenvalue weighted by atomic mass is 9.82. The first-order valence-corrected chi connectivity index (χ1v) is 8.46. The van der Waals surface area contributed by atoms with Gasteiger partial charge in [-0.2, -0.15) is 4.98 Å². The molecule has 0 aromatic carbocycles. The van der Waals surface area contributed by atoms with E-state index in [0.29, 0.717) is 12.5 Å². The Morgan fingerprint density at radius 1 is 1.05 bits per heavy atom. The summed E-state index contributed by atoms with van der Waals surface area (Å²) in [5.74, 6) is 1.33. The topological polar surface area (TPSA) is 74.2 Å². The minimum Gasteiger partial charge on any atom is -0.367 e. The van der Waals surface area contributed by atoms with Crippen LogP contribution in [0.3, 0.4) is 0 Å². The SMILES string of the molecule is CCOC1(c2noc(C3(N)CCCCC3)n2)CCCCC1. The number of ether oxygens (including phenoxy) is 1. The van der Waals surface area contributed by atoms with Crippen LogP contribution in [0.1, 0.15) is 82.8 Å². The van der Waals surface area contributed by atoms with Gasteiger partial charge in [0.15, 0.2) is 0 Å². The molecule has 2 fully saturated rings. The van der Waals surface area contributed by atoms with Crippen molar-refractivity contribution in [3.05, 3.63) is 11.7 Å². The van der Waals surface area contributed by atoms with Gasteiger partial charge in [-0.3, -0.25) is 0 Å². The van der Waals surface area contributed by atoms with Gasteiger partial charge in [0.2, 0.25) is 11.7 Å². The summed E-state index contributed by atoms with van der Waals surface area (Å²) in [6, 6.07) is 0. The summed E-state index contributed by atoms with van der Waals surface area (Å²) in [5, 5.41) is 4.26. The van der Waals surface area contributed by atoms with E-state index in [4.69, 9.17) is 20.0 Å². The molecule has 5 heteroatoms. The fourth-order valence-electron chi connectivity index (χ4n) is 3.84. The van der Waals surface area contributed by atoms with Crippen molar-refractivity contribution in [1.29, 1.82) is 0 Å². The molecule has 0 spiro atoms. The summed E-state index contributed by atoms with van der Waals surface area (Å²) in [6.45, 7) is 2.71. The van der Waals surface area contributed by atoms with Crippen LogP contribution in [0.2, 0.25) is 0 Å². The van der Waals surface area contributed by atoms with E-state index in [1.165, 1.54) is 12.8 Å². The molecular formula is C16H27N3O2. The minimum absolute atomic E-state index is 0.347. The molecule has 2 aliphatic rings. The zero-order chi connectivity index (χ0) is 14.8. The second kappa shape index (κ2) is 6.05. The average molecular weight is 293 g/mol. The van der Waals surface area contributed by atoms with Crippen LogP contribution in [0.25, 0.3) is 0 Å². The monoisotopic (exact) mass is 293 g/mol. The third-order valence-corrected chi connectivity index (χ3v) is 5.09. The highest BCUT2D eigenvalue weighted by atomic mass is 16.5. The Morgan fingerprint density at radius 3 is 2.29 bits per heavy atom. The van der Waals surface area contributed by atoms with Crippen LogP contribution in [0.4, 0.5) is 0 Å². The fourth-order valence-corrected chi connectivity index (χ4v) is 3.84. The molecule has 0 bridgehead atoms. The van der Waals surface area contributed by atoms with Gasteiger partial charge >= 0.3 is 0 Å². The first-order valence-electron chi connectivity index (χ1n) is 8.46. The Hall–Kier alpha value is -0.940. The molecule has 2 saturated carbocycles. The van der Waals surface area contributed by atoms with Gasteiger partial charge in [0, 0.05) is 6.61 Å². The lowest BCUT2D eigenvalue weighted by Gasteiger charge is -2.34. The number of aromatic nitrogens is 2. The van der Waals surface area contributed by atoms with E-state index in [-0.39, 0.29) is 5.60 Å². The summed E-state index contributed by atoms with van der Waals surface area (Å²) < 4.78 is 11.6. The summed E-state index contributed by atoms with van der Waals surface area (Å²) in [5.41, 5.74) is 5.73. The molecule has 0 saturated heterocycles. The number of nitrogens with zero attached hydrogens (tertiary/aromatic N) is 2. The van der Waals surface area contributed by atoms with E-state index in [0.717, 1.165) is 57.2 Å². The average Bonchev–Trinajstić information content (AvgIpc) is 3.01. The zero-order valence-corrected chi connectivity index (χ0v) is 13.1. The Morgan fingerprint density at radius 2 is 1.67 bits per heavy atom.